The topological polar surface area (TPSA) is 122 Å². The zero-order chi connectivity index (χ0) is 20.8. The number of hydrogen-bond donors (Lipinski definition) is 0. The summed E-state index contributed by atoms with van der Waals surface area (Å²) in [4.78, 5) is 23.3. The molecule has 0 aliphatic heterocycles. The molecule has 0 saturated carbocycles. The molecule has 27 heavy (non-hydrogen) atoms. The number of carbonyl (C=O) groups is 2. The maximum absolute atomic E-state index is 13.3. The van der Waals surface area contributed by atoms with Crippen LogP contribution in [0.2, 0.25) is 0 Å². The molecule has 11 heteroatoms. The van der Waals surface area contributed by atoms with Crippen LogP contribution in [0.15, 0.2) is 39.4 Å². The van der Waals surface area contributed by atoms with Crippen molar-refractivity contribution in [3.05, 3.63) is 40.0 Å². The number of benzene rings is 1. The van der Waals surface area contributed by atoms with Gasteiger partial charge in [-0.3, -0.25) is 4.57 Å². The van der Waals surface area contributed by atoms with Gasteiger partial charge in [0, 0.05) is 14.2 Å². The van der Waals surface area contributed by atoms with E-state index in [1.54, 1.807) is 19.1 Å². The van der Waals surface area contributed by atoms with Crippen LogP contribution in [0.25, 0.3) is 0 Å². The number of hydrogen-bond acceptors (Lipinski definition) is 9. The van der Waals surface area contributed by atoms with Crippen molar-refractivity contribution >= 4 is 29.4 Å². The van der Waals surface area contributed by atoms with Gasteiger partial charge in [-0.1, -0.05) is 25.1 Å². The number of ether oxygens (including phenoxy) is 2. The average Bonchev–Trinajstić information content (AvgIpc) is 2.69. The number of methoxy groups -OCH3 is 2. The van der Waals surface area contributed by atoms with Gasteiger partial charge >= 0.3 is 19.5 Å². The SMILES string of the molecule is CCc1ccccc1S(=O)(=O)/C(C(=O)OC)=C(\C(=O)OC)P(=O)(OC)OC. The maximum Gasteiger partial charge on any atom is 0.369 e. The molecule has 0 bridgehead atoms. The lowest BCUT2D eigenvalue weighted by Crippen LogP contribution is -2.23. The predicted octanol–water partition coefficient (Wildman–Crippen LogP) is 2.07. The molecule has 0 radical (unpaired) electrons. The van der Waals surface area contributed by atoms with Crippen LogP contribution in [-0.4, -0.2) is 48.8 Å². The van der Waals surface area contributed by atoms with Crippen LogP contribution >= 0.6 is 7.60 Å². The normalized spacial score (nSPS) is 12.9. The Morgan fingerprint density at radius 2 is 1.48 bits per heavy atom. The van der Waals surface area contributed by atoms with Gasteiger partial charge in [-0.2, -0.15) is 0 Å². The summed E-state index contributed by atoms with van der Waals surface area (Å²) in [5.74, 6) is -2.77. The first kappa shape index (κ1) is 23.0. The number of aryl methyl sites for hydroxylation is 1. The summed E-state index contributed by atoms with van der Waals surface area (Å²) in [7, 11) is -5.42. The fraction of sp³-hybridized carbons (Fsp3) is 0.375. The lowest BCUT2D eigenvalue weighted by molar-refractivity contribution is -0.138. The molecule has 0 aliphatic rings. The minimum absolute atomic E-state index is 0.243. The van der Waals surface area contributed by atoms with Crippen molar-refractivity contribution < 1.29 is 41.1 Å². The van der Waals surface area contributed by atoms with Gasteiger partial charge in [0.15, 0.2) is 10.2 Å². The summed E-state index contributed by atoms with van der Waals surface area (Å²) >= 11 is 0. The van der Waals surface area contributed by atoms with Crippen molar-refractivity contribution in [3.8, 4) is 0 Å². The molecule has 150 valence electrons. The van der Waals surface area contributed by atoms with Gasteiger partial charge in [0.25, 0.3) is 0 Å². The molecule has 1 rings (SSSR count). The van der Waals surface area contributed by atoms with Crippen molar-refractivity contribution in [1.82, 2.24) is 0 Å². The van der Waals surface area contributed by atoms with Crippen LogP contribution in [0, 0.1) is 0 Å². The molecule has 1 aromatic rings. The van der Waals surface area contributed by atoms with E-state index in [4.69, 9.17) is 9.05 Å². The van der Waals surface area contributed by atoms with E-state index < -0.39 is 39.6 Å². The van der Waals surface area contributed by atoms with Gasteiger partial charge in [0.2, 0.25) is 9.84 Å². The lowest BCUT2D eigenvalue weighted by atomic mass is 10.2. The highest BCUT2D eigenvalue weighted by Gasteiger charge is 2.45. The Morgan fingerprint density at radius 3 is 1.93 bits per heavy atom. The molecule has 0 fully saturated rings. The molecule has 9 nitrogen and oxygen atoms in total. The Kier molecular flexibility index (Phi) is 7.91. The van der Waals surface area contributed by atoms with Crippen LogP contribution in [-0.2, 0) is 48.9 Å². The second kappa shape index (κ2) is 9.27. The summed E-state index contributed by atoms with van der Waals surface area (Å²) in [6, 6.07) is 5.88. The van der Waals surface area contributed by atoms with Crippen LogP contribution < -0.4 is 0 Å². The minimum atomic E-state index is -4.64. The molecule has 0 saturated heterocycles. The lowest BCUT2D eigenvalue weighted by Gasteiger charge is -2.19. The molecule has 0 spiro atoms. The first-order valence-corrected chi connectivity index (χ1v) is 10.6. The smallest absolute Gasteiger partial charge is 0.369 e. The average molecular weight is 420 g/mol. The number of esters is 2. The molecule has 0 atom stereocenters. The molecule has 0 N–H and O–H groups in total. The fourth-order valence-corrected chi connectivity index (χ4v) is 5.82. The number of carbonyl (C=O) groups excluding carboxylic acids is 2. The van der Waals surface area contributed by atoms with Crippen molar-refractivity contribution in [2.24, 2.45) is 0 Å². The highest BCUT2D eigenvalue weighted by molar-refractivity contribution is 7.96. The van der Waals surface area contributed by atoms with Crippen molar-refractivity contribution in [3.63, 3.8) is 0 Å². The van der Waals surface area contributed by atoms with Crippen LogP contribution in [0.1, 0.15) is 12.5 Å². The summed E-state index contributed by atoms with van der Waals surface area (Å²) < 4.78 is 57.9. The van der Waals surface area contributed by atoms with Gasteiger partial charge < -0.3 is 18.5 Å². The monoisotopic (exact) mass is 420 g/mol. The zero-order valence-electron chi connectivity index (χ0n) is 15.5. The largest absolute Gasteiger partial charge is 0.465 e. The molecule has 0 unspecified atom stereocenters. The minimum Gasteiger partial charge on any atom is -0.465 e. The van der Waals surface area contributed by atoms with Gasteiger partial charge in [-0.15, -0.1) is 0 Å². The first-order valence-electron chi connectivity index (χ1n) is 7.60. The van der Waals surface area contributed by atoms with E-state index >= 15 is 0 Å². The quantitative estimate of drug-likeness (QED) is 0.353. The van der Waals surface area contributed by atoms with E-state index in [0.29, 0.717) is 12.0 Å². The Hall–Kier alpha value is -2.00. The summed E-state index contributed by atoms with van der Waals surface area (Å²) in [5, 5.41) is -1.06. The molecule has 1 aromatic carbocycles. The third-order valence-corrected chi connectivity index (χ3v) is 7.58. The standard InChI is InChI=1S/C16H21O9PS/c1-6-11-9-7-8-10-12(11)27(20,21)14(16(18)23-3)13(15(17)22-2)26(19,24-4)25-5/h7-10H,6H2,1-5H3/b14-13+. The highest BCUT2D eigenvalue weighted by atomic mass is 32.2. The zero-order valence-corrected chi connectivity index (χ0v) is 17.3. The Labute approximate surface area is 157 Å². The van der Waals surface area contributed by atoms with E-state index in [2.05, 4.69) is 9.47 Å². The van der Waals surface area contributed by atoms with E-state index in [1.165, 1.54) is 12.1 Å². The maximum atomic E-state index is 13.3. The van der Waals surface area contributed by atoms with E-state index in [0.717, 1.165) is 28.4 Å². The van der Waals surface area contributed by atoms with Crippen LogP contribution in [0.3, 0.4) is 0 Å². The van der Waals surface area contributed by atoms with Gasteiger partial charge in [-0.05, 0) is 18.1 Å². The highest BCUT2D eigenvalue weighted by Crippen LogP contribution is 2.57. The van der Waals surface area contributed by atoms with E-state index in [1.807, 2.05) is 0 Å². The fourth-order valence-electron chi connectivity index (χ4n) is 2.28. The Balaban J connectivity index is 4.08. The van der Waals surface area contributed by atoms with E-state index in [9.17, 15) is 22.6 Å². The van der Waals surface area contributed by atoms with Gasteiger partial charge in [-0.25, -0.2) is 18.0 Å². The molecule has 0 aliphatic carbocycles. The first-order chi connectivity index (χ1) is 12.6. The molecular formula is C16H21O9PS. The predicted molar refractivity (Wildman–Crippen MR) is 95.7 cm³/mol. The van der Waals surface area contributed by atoms with E-state index in [-0.39, 0.29) is 4.90 Å². The van der Waals surface area contributed by atoms with Gasteiger partial charge in [0.1, 0.15) is 0 Å². The van der Waals surface area contributed by atoms with Crippen LogP contribution in [0.5, 0.6) is 0 Å². The molecule has 0 amide bonds. The molecular weight excluding hydrogens is 399 g/mol. The second-order valence-electron chi connectivity index (χ2n) is 4.99. The Morgan fingerprint density at radius 1 is 0.963 bits per heavy atom. The van der Waals surface area contributed by atoms with Crippen molar-refractivity contribution in [2.45, 2.75) is 18.2 Å². The number of rotatable bonds is 8. The van der Waals surface area contributed by atoms with Crippen LogP contribution in [0.4, 0.5) is 0 Å². The third kappa shape index (κ3) is 4.47. The Bertz CT molecular complexity index is 894. The van der Waals surface area contributed by atoms with Gasteiger partial charge in [0.05, 0.1) is 19.1 Å². The summed E-state index contributed by atoms with van der Waals surface area (Å²) in [5.41, 5.74) is 0.382. The summed E-state index contributed by atoms with van der Waals surface area (Å²) in [6.45, 7) is 1.71. The number of sulfone groups is 1. The second-order valence-corrected chi connectivity index (χ2v) is 9.02. The molecule has 0 aromatic heterocycles. The summed E-state index contributed by atoms with van der Waals surface area (Å²) in [6.07, 6.45) is 0.323. The van der Waals surface area contributed by atoms with Crippen molar-refractivity contribution in [2.75, 3.05) is 28.4 Å². The third-order valence-electron chi connectivity index (χ3n) is 3.63. The van der Waals surface area contributed by atoms with Crippen molar-refractivity contribution in [1.29, 1.82) is 0 Å². The molecule has 0 heterocycles.